The predicted octanol–water partition coefficient (Wildman–Crippen LogP) is 11.9. The molecule has 0 radical (unpaired) electrons. The molecule has 6 heteroatoms. The summed E-state index contributed by atoms with van der Waals surface area (Å²) < 4.78 is 11.4. The van der Waals surface area contributed by atoms with Crippen molar-refractivity contribution in [1.82, 2.24) is 4.90 Å². The molecule has 286 valence electrons. The number of rotatable bonds is 39. The van der Waals surface area contributed by atoms with E-state index in [1.54, 1.807) is 0 Å². The first-order chi connectivity index (χ1) is 23.6. The van der Waals surface area contributed by atoms with Gasteiger partial charge in [0.05, 0.1) is 6.61 Å². The van der Waals surface area contributed by atoms with E-state index in [-0.39, 0.29) is 18.0 Å². The van der Waals surface area contributed by atoms with Crippen molar-refractivity contribution < 1.29 is 19.1 Å². The molecule has 0 heterocycles. The zero-order valence-corrected chi connectivity index (χ0v) is 32.7. The summed E-state index contributed by atoms with van der Waals surface area (Å²) in [5.74, 6) is -0.0142. The smallest absolute Gasteiger partial charge is 0.306 e. The number of carbonyl (C=O) groups excluding carboxylic acids is 2. The highest BCUT2D eigenvalue weighted by molar-refractivity contribution is 5.69. The van der Waals surface area contributed by atoms with Gasteiger partial charge in [-0.1, -0.05) is 149 Å². The van der Waals surface area contributed by atoms with Gasteiger partial charge >= 0.3 is 11.9 Å². The Hall–Kier alpha value is -1.14. The van der Waals surface area contributed by atoms with Gasteiger partial charge < -0.3 is 20.1 Å². The number of esters is 2. The third kappa shape index (κ3) is 34.7. The molecule has 0 aromatic rings. The summed E-state index contributed by atoms with van der Waals surface area (Å²) >= 11 is 0. The largest absolute Gasteiger partial charge is 0.466 e. The second-order valence-electron chi connectivity index (χ2n) is 14.5. The minimum Gasteiger partial charge on any atom is -0.466 e. The van der Waals surface area contributed by atoms with Crippen molar-refractivity contribution in [2.24, 2.45) is 5.73 Å². The maximum Gasteiger partial charge on any atom is 0.306 e. The molecule has 0 amide bonds. The topological polar surface area (TPSA) is 81.9 Å². The van der Waals surface area contributed by atoms with E-state index in [2.05, 4.69) is 25.7 Å². The van der Waals surface area contributed by atoms with Crippen molar-refractivity contribution >= 4 is 11.9 Å². The predicted molar refractivity (Wildman–Crippen MR) is 206 cm³/mol. The van der Waals surface area contributed by atoms with Crippen LogP contribution < -0.4 is 5.73 Å². The van der Waals surface area contributed by atoms with Crippen LogP contribution in [0.25, 0.3) is 0 Å². The van der Waals surface area contributed by atoms with E-state index in [0.29, 0.717) is 26.0 Å². The number of unbranched alkanes of at least 4 members (excludes halogenated alkanes) is 22. The van der Waals surface area contributed by atoms with Crippen molar-refractivity contribution in [1.29, 1.82) is 0 Å². The lowest BCUT2D eigenvalue weighted by molar-refractivity contribution is -0.150. The van der Waals surface area contributed by atoms with Crippen molar-refractivity contribution in [2.45, 2.75) is 226 Å². The average molecular weight is 681 g/mol. The number of nitrogens with zero attached hydrogens (tertiary/aromatic N) is 1. The van der Waals surface area contributed by atoms with Gasteiger partial charge in [-0.05, 0) is 70.9 Å². The second-order valence-corrected chi connectivity index (χ2v) is 14.5. The first-order valence-electron chi connectivity index (χ1n) is 21.3. The normalized spacial score (nSPS) is 12.1. The van der Waals surface area contributed by atoms with Crippen LogP contribution in [-0.2, 0) is 19.1 Å². The fourth-order valence-corrected chi connectivity index (χ4v) is 6.56. The number of ether oxygens (including phenoxy) is 2. The molecule has 2 N–H and O–H groups in total. The number of hydrogen-bond acceptors (Lipinski definition) is 6. The van der Waals surface area contributed by atoms with Crippen LogP contribution in [0.5, 0.6) is 0 Å². The second kappa shape index (κ2) is 38.7. The zero-order chi connectivity index (χ0) is 35.2. The third-order valence-corrected chi connectivity index (χ3v) is 9.72. The van der Waals surface area contributed by atoms with Crippen molar-refractivity contribution in [3.8, 4) is 0 Å². The summed E-state index contributed by atoms with van der Waals surface area (Å²) in [6, 6.07) is 0. The summed E-state index contributed by atoms with van der Waals surface area (Å²) in [6.07, 6.45) is 36.1. The Morgan fingerprint density at radius 2 is 0.875 bits per heavy atom. The molecule has 0 bridgehead atoms. The Bertz CT molecular complexity index is 674. The monoisotopic (exact) mass is 681 g/mol. The van der Waals surface area contributed by atoms with Crippen LogP contribution in [0.2, 0.25) is 0 Å². The maximum atomic E-state index is 12.6. The molecule has 0 aromatic heterocycles. The number of hydrogen-bond donors (Lipinski definition) is 1. The van der Waals surface area contributed by atoms with Crippen LogP contribution in [-0.4, -0.2) is 55.7 Å². The lowest BCUT2D eigenvalue weighted by Crippen LogP contribution is -2.31. The van der Waals surface area contributed by atoms with E-state index in [4.69, 9.17) is 15.2 Å². The fraction of sp³-hybridized carbons (Fsp3) is 0.952. The standard InChI is InChI=1S/C42H84N2O4/c1-4-7-10-13-15-16-17-22-30-39-47-41(45)33-27-23-29-37-44(38-35-43)36-28-21-18-20-26-34-42(46)48-40(31-24-12-9-6-3)32-25-19-14-11-8-5-2/h40H,4-39,43H2,1-3H3. The molecule has 0 saturated heterocycles. The lowest BCUT2D eigenvalue weighted by atomic mass is 10.0. The van der Waals surface area contributed by atoms with Crippen LogP contribution in [0.15, 0.2) is 0 Å². The molecular weight excluding hydrogens is 596 g/mol. The van der Waals surface area contributed by atoms with E-state index in [1.807, 2.05) is 0 Å². The van der Waals surface area contributed by atoms with Gasteiger partial charge in [-0.15, -0.1) is 0 Å². The van der Waals surface area contributed by atoms with Crippen LogP contribution >= 0.6 is 0 Å². The van der Waals surface area contributed by atoms with Gasteiger partial charge in [-0.3, -0.25) is 9.59 Å². The van der Waals surface area contributed by atoms with Gasteiger partial charge in [-0.25, -0.2) is 0 Å². The molecule has 0 rings (SSSR count). The molecule has 48 heavy (non-hydrogen) atoms. The van der Waals surface area contributed by atoms with Crippen molar-refractivity contribution in [2.75, 3.05) is 32.8 Å². The van der Waals surface area contributed by atoms with Gasteiger partial charge in [0, 0.05) is 25.9 Å². The van der Waals surface area contributed by atoms with Crippen molar-refractivity contribution in [3.63, 3.8) is 0 Å². The number of carbonyl (C=O) groups is 2. The molecular formula is C42H84N2O4. The highest BCUT2D eigenvalue weighted by Gasteiger charge is 2.14. The first-order valence-corrected chi connectivity index (χ1v) is 21.3. The Morgan fingerprint density at radius 1 is 0.479 bits per heavy atom. The van der Waals surface area contributed by atoms with E-state index < -0.39 is 0 Å². The van der Waals surface area contributed by atoms with E-state index in [1.165, 1.54) is 135 Å². The highest BCUT2D eigenvalue weighted by Crippen LogP contribution is 2.18. The Morgan fingerprint density at radius 3 is 1.40 bits per heavy atom. The average Bonchev–Trinajstić information content (AvgIpc) is 3.08. The van der Waals surface area contributed by atoms with E-state index in [9.17, 15) is 9.59 Å². The quantitative estimate of drug-likeness (QED) is 0.0514. The minimum absolute atomic E-state index is 0.0164. The summed E-state index contributed by atoms with van der Waals surface area (Å²) in [7, 11) is 0. The molecule has 6 nitrogen and oxygen atoms in total. The van der Waals surface area contributed by atoms with E-state index in [0.717, 1.165) is 71.0 Å². The molecule has 0 aromatic carbocycles. The van der Waals surface area contributed by atoms with Crippen LogP contribution in [0.4, 0.5) is 0 Å². The van der Waals surface area contributed by atoms with Crippen molar-refractivity contribution in [3.05, 3.63) is 0 Å². The molecule has 1 atom stereocenters. The summed E-state index contributed by atoms with van der Waals surface area (Å²) in [5.41, 5.74) is 5.89. The molecule has 0 fully saturated rings. The zero-order valence-electron chi connectivity index (χ0n) is 32.7. The molecule has 0 aliphatic rings. The van der Waals surface area contributed by atoms with Crippen LogP contribution in [0, 0.1) is 0 Å². The highest BCUT2D eigenvalue weighted by atomic mass is 16.5. The van der Waals surface area contributed by atoms with Gasteiger partial charge in [0.2, 0.25) is 0 Å². The molecule has 0 saturated carbocycles. The maximum absolute atomic E-state index is 12.6. The fourth-order valence-electron chi connectivity index (χ4n) is 6.56. The SMILES string of the molecule is CCCCCCCCCCCOC(=O)CCCCCN(CCN)CCCCCCCC(=O)OC(CCCCCC)CCCCCCCC. The van der Waals surface area contributed by atoms with E-state index >= 15 is 0 Å². The van der Waals surface area contributed by atoms with Gasteiger partial charge in [0.25, 0.3) is 0 Å². The first kappa shape index (κ1) is 46.9. The minimum atomic E-state index is -0.0305. The summed E-state index contributed by atoms with van der Waals surface area (Å²) in [4.78, 5) is 27.2. The van der Waals surface area contributed by atoms with Gasteiger partial charge in [0.15, 0.2) is 0 Å². The molecule has 1 unspecified atom stereocenters. The van der Waals surface area contributed by atoms with Crippen LogP contribution in [0.1, 0.15) is 220 Å². The van der Waals surface area contributed by atoms with Gasteiger partial charge in [0.1, 0.15) is 6.10 Å². The Balaban J connectivity index is 3.90. The van der Waals surface area contributed by atoms with Gasteiger partial charge in [-0.2, -0.15) is 0 Å². The lowest BCUT2D eigenvalue weighted by Gasteiger charge is -2.21. The number of nitrogens with two attached hydrogens (primary N) is 1. The molecule has 0 aliphatic heterocycles. The third-order valence-electron chi connectivity index (χ3n) is 9.72. The Labute approximate surface area is 299 Å². The summed E-state index contributed by atoms with van der Waals surface area (Å²) in [5, 5.41) is 0. The summed E-state index contributed by atoms with van der Waals surface area (Å²) in [6.45, 7) is 11.1. The molecule has 0 spiro atoms. The molecule has 0 aliphatic carbocycles. The Kier molecular flexibility index (Phi) is 37.7. The van der Waals surface area contributed by atoms with Crippen LogP contribution in [0.3, 0.4) is 0 Å².